The van der Waals surface area contributed by atoms with Crippen LogP contribution >= 0.6 is 0 Å². The highest BCUT2D eigenvalue weighted by molar-refractivity contribution is 5.72. The highest BCUT2D eigenvalue weighted by Gasteiger charge is 2.09. The molecule has 0 fully saturated rings. The second kappa shape index (κ2) is 4.95. The average Bonchev–Trinajstić information content (AvgIpc) is 2.79. The first-order valence-electron chi connectivity index (χ1n) is 5.21. The van der Waals surface area contributed by atoms with Crippen LogP contribution in [-0.4, -0.2) is 11.1 Å². The molecule has 0 aliphatic heterocycles. The third kappa shape index (κ3) is 2.71. The molecule has 0 bridgehead atoms. The lowest BCUT2D eigenvalue weighted by Gasteiger charge is -1.96. The molecule has 4 nitrogen and oxygen atoms in total. The molecule has 0 radical (unpaired) electrons. The lowest BCUT2D eigenvalue weighted by Crippen LogP contribution is -2.18. The molecule has 1 heterocycles. The lowest BCUT2D eigenvalue weighted by atomic mass is 10.1. The highest BCUT2D eigenvalue weighted by Crippen LogP contribution is 2.21. The molecule has 18 heavy (non-hydrogen) atoms. The maximum absolute atomic E-state index is 13.0. The van der Waals surface area contributed by atoms with E-state index in [0.29, 0.717) is 17.0 Å². The van der Waals surface area contributed by atoms with Crippen molar-refractivity contribution in [3.8, 4) is 11.3 Å². The molecule has 1 amide bonds. The molecular weight excluding hydrogens is 242 g/mol. The van der Waals surface area contributed by atoms with E-state index in [1.807, 2.05) is 0 Å². The monoisotopic (exact) mass is 252 g/mol. The van der Waals surface area contributed by atoms with Crippen molar-refractivity contribution in [3.63, 3.8) is 0 Å². The zero-order valence-electron chi connectivity index (χ0n) is 9.54. The van der Waals surface area contributed by atoms with Gasteiger partial charge >= 0.3 is 0 Å². The Morgan fingerprint density at radius 1 is 1.33 bits per heavy atom. The number of nitrogens with one attached hydrogen (secondary N) is 1. The SMILES string of the molecule is CC(=O)NCc1cc(-c2ccc(F)c(F)c2)no1. The van der Waals surface area contributed by atoms with Gasteiger partial charge in [-0.2, -0.15) is 0 Å². The number of carbonyl (C=O) groups is 1. The van der Waals surface area contributed by atoms with Crippen LogP contribution in [0, 0.1) is 11.6 Å². The molecule has 94 valence electrons. The first-order chi connectivity index (χ1) is 8.56. The van der Waals surface area contributed by atoms with Crippen molar-refractivity contribution in [1.82, 2.24) is 10.5 Å². The van der Waals surface area contributed by atoms with Crippen molar-refractivity contribution in [2.75, 3.05) is 0 Å². The summed E-state index contributed by atoms with van der Waals surface area (Å²) >= 11 is 0. The summed E-state index contributed by atoms with van der Waals surface area (Å²) in [5.41, 5.74) is 0.793. The minimum atomic E-state index is -0.945. The summed E-state index contributed by atoms with van der Waals surface area (Å²) in [5, 5.41) is 6.26. The Balaban J connectivity index is 2.18. The van der Waals surface area contributed by atoms with Crippen molar-refractivity contribution >= 4 is 5.91 Å². The third-order valence-electron chi connectivity index (χ3n) is 2.29. The number of carbonyl (C=O) groups excluding carboxylic acids is 1. The molecule has 1 aromatic carbocycles. The summed E-state index contributed by atoms with van der Waals surface area (Å²) in [7, 11) is 0. The predicted molar refractivity (Wildman–Crippen MR) is 59.4 cm³/mol. The van der Waals surface area contributed by atoms with E-state index >= 15 is 0 Å². The summed E-state index contributed by atoms with van der Waals surface area (Å²) in [6.07, 6.45) is 0. The van der Waals surface area contributed by atoms with Gasteiger partial charge in [0.05, 0.1) is 6.54 Å². The fraction of sp³-hybridized carbons (Fsp3) is 0.167. The number of nitrogens with zero attached hydrogens (tertiary/aromatic N) is 1. The molecule has 0 spiro atoms. The fourth-order valence-corrected chi connectivity index (χ4v) is 1.40. The van der Waals surface area contributed by atoms with Crippen LogP contribution < -0.4 is 5.32 Å². The Morgan fingerprint density at radius 2 is 2.11 bits per heavy atom. The van der Waals surface area contributed by atoms with E-state index in [4.69, 9.17) is 4.52 Å². The summed E-state index contributed by atoms with van der Waals surface area (Å²) < 4.78 is 30.8. The topological polar surface area (TPSA) is 55.1 Å². The summed E-state index contributed by atoms with van der Waals surface area (Å²) in [4.78, 5) is 10.7. The maximum Gasteiger partial charge on any atom is 0.217 e. The van der Waals surface area contributed by atoms with Crippen molar-refractivity contribution < 1.29 is 18.1 Å². The number of hydrogen-bond donors (Lipinski definition) is 1. The minimum absolute atomic E-state index is 0.194. The number of aromatic nitrogens is 1. The zero-order valence-corrected chi connectivity index (χ0v) is 9.54. The highest BCUT2D eigenvalue weighted by atomic mass is 19.2. The van der Waals surface area contributed by atoms with Gasteiger partial charge in [-0.3, -0.25) is 4.79 Å². The van der Waals surface area contributed by atoms with Crippen molar-refractivity contribution in [1.29, 1.82) is 0 Å². The van der Waals surface area contributed by atoms with Crippen molar-refractivity contribution in [3.05, 3.63) is 41.7 Å². The normalized spacial score (nSPS) is 10.4. The van der Waals surface area contributed by atoms with Gasteiger partial charge in [0, 0.05) is 18.6 Å². The summed E-state index contributed by atoms with van der Waals surface area (Å²) in [5.74, 6) is -1.62. The number of amides is 1. The Hall–Kier alpha value is -2.24. The van der Waals surface area contributed by atoms with E-state index in [0.717, 1.165) is 12.1 Å². The second-order valence-electron chi connectivity index (χ2n) is 3.72. The van der Waals surface area contributed by atoms with Gasteiger partial charge in [0.25, 0.3) is 0 Å². The summed E-state index contributed by atoms with van der Waals surface area (Å²) in [6.45, 7) is 1.58. The van der Waals surface area contributed by atoms with E-state index in [-0.39, 0.29) is 12.5 Å². The molecule has 0 aliphatic carbocycles. The van der Waals surface area contributed by atoms with Gasteiger partial charge in [0.1, 0.15) is 5.69 Å². The standard InChI is InChI=1S/C12H10F2N2O2/c1-7(17)15-6-9-5-12(16-18-9)8-2-3-10(13)11(14)4-8/h2-5H,6H2,1H3,(H,15,17). The van der Waals surface area contributed by atoms with Crippen LogP contribution in [0.2, 0.25) is 0 Å². The number of hydrogen-bond acceptors (Lipinski definition) is 3. The average molecular weight is 252 g/mol. The number of benzene rings is 1. The molecule has 0 saturated carbocycles. The summed E-state index contributed by atoms with van der Waals surface area (Å²) in [6, 6.07) is 5.02. The smallest absolute Gasteiger partial charge is 0.217 e. The molecule has 0 aliphatic rings. The number of rotatable bonds is 3. The Morgan fingerprint density at radius 3 is 2.78 bits per heavy atom. The molecule has 0 unspecified atom stereocenters. The van der Waals surface area contributed by atoms with E-state index in [2.05, 4.69) is 10.5 Å². The predicted octanol–water partition coefficient (Wildman–Crippen LogP) is 2.26. The molecule has 2 rings (SSSR count). The Bertz CT molecular complexity index is 581. The first kappa shape index (κ1) is 12.2. The van der Waals surface area contributed by atoms with Crippen LogP contribution in [0.25, 0.3) is 11.3 Å². The largest absolute Gasteiger partial charge is 0.359 e. The second-order valence-corrected chi connectivity index (χ2v) is 3.72. The molecule has 0 saturated heterocycles. The molecule has 2 aromatic rings. The van der Waals surface area contributed by atoms with Gasteiger partial charge < -0.3 is 9.84 Å². The van der Waals surface area contributed by atoms with E-state index < -0.39 is 11.6 Å². The van der Waals surface area contributed by atoms with Gasteiger partial charge in [0.15, 0.2) is 17.4 Å². The zero-order chi connectivity index (χ0) is 13.1. The quantitative estimate of drug-likeness (QED) is 0.911. The van der Waals surface area contributed by atoms with Gasteiger partial charge in [-0.05, 0) is 18.2 Å². The van der Waals surface area contributed by atoms with E-state index in [9.17, 15) is 13.6 Å². The van der Waals surface area contributed by atoms with Gasteiger partial charge in [-0.25, -0.2) is 8.78 Å². The Kier molecular flexibility index (Phi) is 3.36. The van der Waals surface area contributed by atoms with E-state index in [1.54, 1.807) is 6.07 Å². The van der Waals surface area contributed by atoms with Crippen LogP contribution in [0.4, 0.5) is 8.78 Å². The molecule has 6 heteroatoms. The van der Waals surface area contributed by atoms with Gasteiger partial charge in [0.2, 0.25) is 5.91 Å². The molecule has 1 aromatic heterocycles. The molecular formula is C12H10F2N2O2. The molecule has 1 N–H and O–H groups in total. The van der Waals surface area contributed by atoms with Gasteiger partial charge in [-0.15, -0.1) is 0 Å². The lowest BCUT2D eigenvalue weighted by molar-refractivity contribution is -0.119. The maximum atomic E-state index is 13.0. The van der Waals surface area contributed by atoms with Crippen LogP contribution in [0.5, 0.6) is 0 Å². The van der Waals surface area contributed by atoms with Crippen LogP contribution in [-0.2, 0) is 11.3 Å². The van der Waals surface area contributed by atoms with Crippen molar-refractivity contribution in [2.45, 2.75) is 13.5 Å². The first-order valence-corrected chi connectivity index (χ1v) is 5.21. The fourth-order valence-electron chi connectivity index (χ4n) is 1.40. The van der Waals surface area contributed by atoms with Crippen molar-refractivity contribution in [2.24, 2.45) is 0 Å². The third-order valence-corrected chi connectivity index (χ3v) is 2.29. The van der Waals surface area contributed by atoms with E-state index in [1.165, 1.54) is 13.0 Å². The number of halogens is 2. The Labute approximate surface area is 102 Å². The van der Waals surface area contributed by atoms with Crippen LogP contribution in [0.15, 0.2) is 28.8 Å². The minimum Gasteiger partial charge on any atom is -0.359 e. The van der Waals surface area contributed by atoms with Gasteiger partial charge in [-0.1, -0.05) is 5.16 Å². The van der Waals surface area contributed by atoms with Crippen LogP contribution in [0.1, 0.15) is 12.7 Å². The van der Waals surface area contributed by atoms with Crippen LogP contribution in [0.3, 0.4) is 0 Å². The molecule has 0 atom stereocenters.